The molecule has 0 saturated heterocycles. The SMILES string of the molecule is [2H]c1c([2H])c([2H])c(-c2c([2H])c(-c3c4c([2H])c([2H])c([2H])c([2H])c4c(-c4c([2H])c([2H])c([2H])c5oc6c([2H])c7c([2H])c([2H])c([2H])c([2H])c7c([2H])c6c45)c4c([2H])c([2H])c([2H])c([2H])c34)c3c([2H])c([2H])c([2H])c([2H])c3c2[2H])c([2H])c1[2H].[2H]c1c([2H])c([2H])c(-c2c([2H])c([2H])c(-c3c4c([2H])c([2H])c([2H])c([2H])c4c(-c4c([2H])c([2H])c([2H])c5oc6c([2H])c7c([2H])c([2H])c([2H])c([2H])c7c([2H])c6c45)c4c([2H])c([2H])c([2H])c([2H])c34)c([2H])c2-c2c([2H])c([2H])c([2H])c([2H])c2[2H])c([2H])c1[2H].[2H]c1cc2c(-c3c([2H])c([2H])c(-c4c([2H])c([2H])c5c([2H])c([2H])c([2H])c([2H])c5c4[2H])c4c([2H])c([2H])c([2H])c([2H])c34)c3c([2H])c([2H])c([2H])c([2H])c3c(-c3c([2H])c([2H])c([2H])c4oc5c([2H])c6c([2H])c([2H])c([2H])c([2H])c6c([2H])c5c34)c2c([2H])c1[2H]. The van der Waals surface area contributed by atoms with Gasteiger partial charge in [-0.25, -0.2) is 0 Å². The van der Waals surface area contributed by atoms with Crippen LogP contribution >= 0.6 is 0 Å². The van der Waals surface area contributed by atoms with E-state index in [9.17, 15) is 43.9 Å². The highest BCUT2D eigenvalue weighted by Crippen LogP contribution is 2.55. The quantitative estimate of drug-likeness (QED) is 0.128. The first-order valence-corrected chi connectivity index (χ1v) is 43.6. The molecular weight excluding hydrogens is 1780 g/mol. The Morgan fingerprint density at radius 3 is 0.830 bits per heavy atom. The Morgan fingerprint density at radius 2 is 0.401 bits per heavy atom. The second-order valence-electron chi connectivity index (χ2n) is 32.1. The molecule has 3 nitrogen and oxygen atoms in total. The Morgan fingerprint density at radius 1 is 0.116 bits per heavy atom. The van der Waals surface area contributed by atoms with Crippen molar-refractivity contribution < 1.29 is 133 Å². The molecule has 0 radical (unpaired) electrons. The largest absolute Gasteiger partial charge is 0.456 e. The Hall–Kier alpha value is -19.3. The van der Waals surface area contributed by atoms with Crippen LogP contribution in [0.4, 0.5) is 0 Å². The molecule has 0 atom stereocenters. The molecule has 0 fully saturated rings. The maximum atomic E-state index is 10.1. The van der Waals surface area contributed by atoms with Crippen LogP contribution in [0.1, 0.15) is 119 Å². The van der Waals surface area contributed by atoms with Crippen molar-refractivity contribution in [2.45, 2.75) is 0 Å². The second-order valence-corrected chi connectivity index (χ2v) is 32.1. The smallest absolute Gasteiger partial charge is 0.136 e. The molecule has 0 spiro atoms. The van der Waals surface area contributed by atoms with Crippen molar-refractivity contribution in [3.05, 3.63) is 532 Å². The van der Waals surface area contributed by atoms with Gasteiger partial charge in [0.05, 0.1) is 119 Å². The van der Waals surface area contributed by atoms with Crippen LogP contribution in [0.2, 0.25) is 0 Å². The molecule has 0 aliphatic heterocycles. The zero-order valence-corrected chi connectivity index (χ0v) is 73.3. The van der Waals surface area contributed by atoms with E-state index < -0.39 is 832 Å². The average Bonchev–Trinajstić information content (AvgIpc) is 1.27. The normalized spacial score (nSPS) is 20.1. The summed E-state index contributed by atoms with van der Waals surface area (Å²) in [6.45, 7) is 0. The Labute approximate surface area is 969 Å². The Kier molecular flexibility index (Phi) is 8.24. The van der Waals surface area contributed by atoms with Gasteiger partial charge in [-0.05, 0) is 319 Å². The molecule has 0 saturated carbocycles. The predicted octanol–water partition coefficient (Wildman–Crippen LogP) is 41.3. The highest BCUT2D eigenvalue weighted by Gasteiger charge is 2.28. The third-order valence-corrected chi connectivity index (χ3v) is 24.3. The zero-order valence-electron chi connectivity index (χ0n) is 160. The molecule has 0 aliphatic carbocycles. The highest BCUT2D eigenvalue weighted by atomic mass is 16.3. The minimum atomic E-state index is -1.20. The molecule has 31 aromatic rings. The zero-order chi connectivity index (χ0) is 172. The third kappa shape index (κ3) is 14.1. The van der Waals surface area contributed by atoms with Gasteiger partial charge in [-0.1, -0.05) is 453 Å². The van der Waals surface area contributed by atoms with E-state index in [1.54, 1.807) is 0 Å². The molecule has 3 heteroatoms. The van der Waals surface area contributed by atoms with Crippen LogP contribution in [0.3, 0.4) is 0 Å². The minimum absolute atomic E-state index is 0.481. The van der Waals surface area contributed by atoms with Gasteiger partial charge in [-0.2, -0.15) is 0 Å². The summed E-state index contributed by atoms with van der Waals surface area (Å²) in [5, 5.41) is -19.5. The lowest BCUT2D eigenvalue weighted by molar-refractivity contribution is 0.669. The van der Waals surface area contributed by atoms with Gasteiger partial charge in [-0.3, -0.25) is 0 Å². The molecular formula is C144H88O3. The average molecular weight is 1950 g/mol. The minimum Gasteiger partial charge on any atom is -0.456 e. The maximum absolute atomic E-state index is 10.1. The van der Waals surface area contributed by atoms with E-state index in [1.807, 2.05) is 0 Å². The Balaban J connectivity index is 0.000000147. The number of hydrogen-bond donors (Lipinski definition) is 0. The van der Waals surface area contributed by atoms with Crippen molar-refractivity contribution in [2.24, 2.45) is 0 Å². The number of rotatable bonds is 10. The predicted molar refractivity (Wildman–Crippen MR) is 626 cm³/mol. The van der Waals surface area contributed by atoms with Crippen molar-refractivity contribution in [3.8, 4) is 111 Å². The molecule has 0 aliphatic rings. The lowest BCUT2D eigenvalue weighted by atomic mass is 9.83. The second kappa shape index (κ2) is 34.8. The first kappa shape index (κ1) is 34.8. The standard InChI is InChI=1S/C50H30O.C48H30O.C46H28O/c1-2-13-32-28-35(25-24-31(32)12-1)36-26-27-43(38-17-6-5-16-37(36)38)48-39-18-7-9-20-41(39)49(42-21-10-8-19-40(42)48)44-22-11-23-46-50(44)45-29-33-14-3-4-15-34(33)30-47(45)51-46;1-3-14-31(15-4-1)36-27-26-35(29-42(36)32-16-5-2-6-17-32)46-37-20-9-11-22-39(37)47(40-23-12-10-21-38(40)46)41-24-13-25-44-48(41)43-28-33-18-7-8-19-34(33)30-45(43)49-44;1-2-13-29(14-3-1)33-25-32-17-6-7-18-34(32)40(27-33)45-37-21-10-8-19-35(37)44(36-20-9-11-22-38(36)45)39-23-12-24-42-46(39)41-26-30-15-4-5-16-31(30)28-43(41)47-42/h1-30H;1-30H;1-28H/i1D,2D,3D,4D,5D,6D,7D,8D,9D,10D,11D,12D,13D,14D,15D,16D,17D,18D,20D,21D,22D,23D,24D,25D,26D,27D,28D,29D,30D;1D,2D,3D,4D,5D,6D,7D,8D,9D,10D,11D,12D,13D,14D,15D,16D,17D,18D,19D,20D,21D,22D,23D,24D,25D,26D,27D,28D,29D,30D;1D,2D,3D,4D,5D,6D,7D,8D,9D,10D,11D,12D,13D,14D,15D,16D,17D,18D,19D,20D,21D,22D,23D,24D,25D,26D,27D,28D. The third-order valence-electron chi connectivity index (χ3n) is 24.3. The molecule has 3 heterocycles. The van der Waals surface area contributed by atoms with E-state index in [4.69, 9.17) is 88.6 Å². The summed E-state index contributed by atoms with van der Waals surface area (Å²) in [4.78, 5) is 0. The van der Waals surface area contributed by atoms with E-state index in [-0.39, 0.29) is 0 Å². The summed E-state index contributed by atoms with van der Waals surface area (Å²) in [6.07, 6.45) is 0. The molecule has 3 aromatic heterocycles. The summed E-state index contributed by atoms with van der Waals surface area (Å²) in [7, 11) is 0. The molecule has 147 heavy (non-hydrogen) atoms. The van der Waals surface area contributed by atoms with Gasteiger partial charge in [0.1, 0.15) is 33.5 Å². The molecule has 0 unspecified atom stereocenters. The van der Waals surface area contributed by atoms with E-state index in [1.165, 1.54) is 0 Å². The number of furan rings is 3. The highest BCUT2D eigenvalue weighted by molar-refractivity contribution is 6.32. The van der Waals surface area contributed by atoms with Crippen LogP contribution < -0.4 is 0 Å². The molecule has 0 bridgehead atoms. The molecule has 28 aromatic carbocycles. The Bertz CT molecular complexity index is 16400. The summed E-state index contributed by atoms with van der Waals surface area (Å²) in [6, 6.07) is -81.6. The summed E-state index contributed by atoms with van der Waals surface area (Å²) in [5.74, 6) is 0. The van der Waals surface area contributed by atoms with Gasteiger partial charge in [0, 0.05) is 32.3 Å². The van der Waals surface area contributed by atoms with Crippen LogP contribution in [0.25, 0.3) is 306 Å². The number of fused-ring (bicyclic) bond motifs is 21. The van der Waals surface area contributed by atoms with Gasteiger partial charge in [0.25, 0.3) is 0 Å². The summed E-state index contributed by atoms with van der Waals surface area (Å²) >= 11 is 0. The van der Waals surface area contributed by atoms with Gasteiger partial charge in [-0.15, -0.1) is 0 Å². The van der Waals surface area contributed by atoms with Crippen LogP contribution in [-0.2, 0) is 0 Å². The van der Waals surface area contributed by atoms with Crippen molar-refractivity contribution in [2.75, 3.05) is 0 Å². The van der Waals surface area contributed by atoms with Gasteiger partial charge in [0.2, 0.25) is 0 Å². The molecule has 682 valence electrons. The summed E-state index contributed by atoms with van der Waals surface area (Å²) < 4.78 is 807. The van der Waals surface area contributed by atoms with Crippen molar-refractivity contribution >= 4 is 195 Å². The fourth-order valence-electron chi connectivity index (χ4n) is 18.3. The summed E-state index contributed by atoms with van der Waals surface area (Å²) in [5.41, 5.74) is -19.9. The van der Waals surface area contributed by atoms with Gasteiger partial charge in [0.15, 0.2) is 0 Å². The van der Waals surface area contributed by atoms with Crippen LogP contribution in [0.5, 0.6) is 0 Å². The van der Waals surface area contributed by atoms with Gasteiger partial charge < -0.3 is 13.3 Å². The van der Waals surface area contributed by atoms with E-state index in [0.717, 1.165) is 6.07 Å². The van der Waals surface area contributed by atoms with E-state index in [2.05, 4.69) is 0 Å². The lowest BCUT2D eigenvalue weighted by Crippen LogP contribution is -1.93. The topological polar surface area (TPSA) is 39.4 Å². The first-order chi connectivity index (χ1) is 109. The van der Waals surface area contributed by atoms with E-state index in [0.29, 0.717) is 0 Å². The van der Waals surface area contributed by atoms with Gasteiger partial charge >= 0.3 is 0 Å². The molecule has 31 rings (SSSR count). The fourth-order valence-corrected chi connectivity index (χ4v) is 18.3. The molecule has 0 N–H and O–H groups in total. The lowest BCUT2D eigenvalue weighted by Gasteiger charge is -2.20. The number of benzene rings is 28. The van der Waals surface area contributed by atoms with Crippen molar-refractivity contribution in [1.82, 2.24) is 0 Å². The maximum Gasteiger partial charge on any atom is 0.136 e. The van der Waals surface area contributed by atoms with E-state index >= 15 is 0 Å². The number of hydrogen-bond acceptors (Lipinski definition) is 3. The first-order valence-electron chi connectivity index (χ1n) is 87.1. The van der Waals surface area contributed by atoms with Crippen molar-refractivity contribution in [1.29, 1.82) is 0 Å². The fraction of sp³-hybridized carbons (Fsp3) is 0. The molecule has 0 amide bonds. The van der Waals surface area contributed by atoms with Crippen molar-refractivity contribution in [3.63, 3.8) is 0 Å². The van der Waals surface area contributed by atoms with Crippen LogP contribution in [-0.4, -0.2) is 0 Å². The van der Waals surface area contributed by atoms with Crippen LogP contribution in [0, 0.1) is 0 Å². The monoisotopic (exact) mass is 1950 g/mol. The van der Waals surface area contributed by atoms with Crippen LogP contribution in [0.15, 0.2) is 545 Å².